The molecule has 1 atom stereocenters. The van der Waals surface area contributed by atoms with E-state index in [0.29, 0.717) is 6.04 Å². The minimum Gasteiger partial charge on any atom is -0.377 e. The van der Waals surface area contributed by atoms with E-state index in [0.717, 1.165) is 58.1 Å². The van der Waals surface area contributed by atoms with Crippen LogP contribution in [0.1, 0.15) is 44.2 Å². The molecule has 1 fully saturated rings. The number of amides is 2. The van der Waals surface area contributed by atoms with E-state index in [1.54, 1.807) is 0 Å². The van der Waals surface area contributed by atoms with E-state index in [1.165, 1.54) is 0 Å². The lowest BCUT2D eigenvalue weighted by Gasteiger charge is -2.40. The molecular weight excluding hydrogens is 478 g/mol. The second kappa shape index (κ2) is 10.00. The number of nitrogens with zero attached hydrogens (tertiary/aromatic N) is 3. The van der Waals surface area contributed by atoms with Gasteiger partial charge in [0.05, 0.1) is 11.6 Å². The number of pyridine rings is 1. The van der Waals surface area contributed by atoms with E-state index in [-0.39, 0.29) is 18.1 Å². The lowest BCUT2D eigenvalue weighted by atomic mass is 9.89. The number of nitrogens with two attached hydrogens (primary N) is 1. The topological polar surface area (TPSA) is 74.5 Å². The summed E-state index contributed by atoms with van der Waals surface area (Å²) in [5, 5.41) is 4.80. The number of nitrogens with one attached hydrogen (secondary N) is 1. The quantitative estimate of drug-likeness (QED) is 0.431. The molecule has 2 aromatic carbocycles. The molecule has 4 rings (SSSR count). The van der Waals surface area contributed by atoms with Crippen molar-refractivity contribution in [1.82, 2.24) is 9.88 Å². The molecule has 174 valence electrons. The van der Waals surface area contributed by atoms with Crippen LogP contribution in [-0.2, 0) is 0 Å². The first-order chi connectivity index (χ1) is 15.8. The number of para-hydroxylation sites is 1. The van der Waals surface area contributed by atoms with Crippen molar-refractivity contribution in [2.24, 2.45) is 5.73 Å². The number of benzene rings is 2. The van der Waals surface area contributed by atoms with Crippen molar-refractivity contribution < 1.29 is 4.79 Å². The van der Waals surface area contributed by atoms with Gasteiger partial charge in [0.2, 0.25) is 0 Å². The van der Waals surface area contributed by atoms with E-state index < -0.39 is 0 Å². The average Bonchev–Trinajstić information content (AvgIpc) is 2.80. The van der Waals surface area contributed by atoms with Gasteiger partial charge in [0, 0.05) is 47.8 Å². The van der Waals surface area contributed by atoms with Crippen LogP contribution in [0.3, 0.4) is 0 Å². The Morgan fingerprint density at radius 2 is 1.76 bits per heavy atom. The molecule has 1 aromatic heterocycles. The SMILES string of the molecule is CC(c1ccc(Br)cc1)N(C(N)=O)[C@H]1CC[C@@H](Nc2cc(N(C)C)c3ccccc3n2)CC1. The molecule has 1 saturated carbocycles. The van der Waals surface area contributed by atoms with Crippen molar-refractivity contribution in [3.05, 3.63) is 64.6 Å². The molecule has 0 radical (unpaired) electrons. The van der Waals surface area contributed by atoms with Gasteiger partial charge in [0.25, 0.3) is 0 Å². The van der Waals surface area contributed by atoms with Crippen molar-refractivity contribution in [2.75, 3.05) is 24.3 Å². The molecule has 0 spiro atoms. The fourth-order valence-electron chi connectivity index (χ4n) is 4.90. The van der Waals surface area contributed by atoms with Crippen LogP contribution in [0.5, 0.6) is 0 Å². The first-order valence-electron chi connectivity index (χ1n) is 11.5. The number of carbonyl (C=O) groups is 1. The molecule has 3 N–H and O–H groups in total. The van der Waals surface area contributed by atoms with Gasteiger partial charge in [-0.2, -0.15) is 0 Å². The number of primary amides is 1. The van der Waals surface area contributed by atoms with Gasteiger partial charge in [0.15, 0.2) is 0 Å². The summed E-state index contributed by atoms with van der Waals surface area (Å²) >= 11 is 3.48. The third-order valence-corrected chi connectivity index (χ3v) is 7.17. The molecule has 0 saturated heterocycles. The lowest BCUT2D eigenvalue weighted by Crippen LogP contribution is -2.47. The number of anilines is 2. The minimum absolute atomic E-state index is 0.0603. The fraction of sp³-hybridized carbons (Fsp3) is 0.385. The van der Waals surface area contributed by atoms with Crippen LogP contribution in [0, 0.1) is 0 Å². The zero-order valence-corrected chi connectivity index (χ0v) is 21.0. The number of aromatic nitrogens is 1. The maximum Gasteiger partial charge on any atom is 0.315 e. The molecule has 7 heteroatoms. The first kappa shape index (κ1) is 23.4. The van der Waals surface area contributed by atoms with Crippen LogP contribution in [0.2, 0.25) is 0 Å². The predicted octanol–water partition coefficient (Wildman–Crippen LogP) is 5.93. The molecule has 1 aliphatic carbocycles. The second-order valence-electron chi connectivity index (χ2n) is 9.06. The Hall–Kier alpha value is -2.80. The van der Waals surface area contributed by atoms with E-state index in [9.17, 15) is 4.79 Å². The molecule has 0 aliphatic heterocycles. The summed E-state index contributed by atoms with van der Waals surface area (Å²) in [7, 11) is 4.11. The zero-order chi connectivity index (χ0) is 23.5. The summed E-state index contributed by atoms with van der Waals surface area (Å²) < 4.78 is 1.02. The largest absolute Gasteiger partial charge is 0.377 e. The van der Waals surface area contributed by atoms with Gasteiger partial charge in [0.1, 0.15) is 5.82 Å². The molecule has 0 bridgehead atoms. The van der Waals surface area contributed by atoms with Crippen molar-refractivity contribution >= 4 is 44.4 Å². The van der Waals surface area contributed by atoms with E-state index in [2.05, 4.69) is 65.4 Å². The Kier molecular flexibility index (Phi) is 7.08. The van der Waals surface area contributed by atoms with Crippen LogP contribution in [0.25, 0.3) is 10.9 Å². The van der Waals surface area contributed by atoms with Gasteiger partial charge in [-0.15, -0.1) is 0 Å². The number of urea groups is 1. The Morgan fingerprint density at radius 3 is 2.39 bits per heavy atom. The standard InChI is InChI=1S/C26H32BrN5O/c1-17(18-8-10-19(27)11-9-18)32(26(28)33)21-14-12-20(13-15-21)29-25-16-24(31(2)3)22-6-4-5-7-23(22)30-25/h4-11,16-17,20-21H,12-15H2,1-3H3,(H2,28,33)(H,29,30)/t17?,20-,21+. The van der Waals surface area contributed by atoms with Crippen LogP contribution < -0.4 is 16.0 Å². The third-order valence-electron chi connectivity index (χ3n) is 6.64. The van der Waals surface area contributed by atoms with Crippen LogP contribution in [0.15, 0.2) is 59.1 Å². The maximum absolute atomic E-state index is 12.4. The summed E-state index contributed by atoms with van der Waals surface area (Å²) in [6.07, 6.45) is 3.76. The van der Waals surface area contributed by atoms with Gasteiger partial charge < -0.3 is 20.9 Å². The molecule has 3 aromatic rings. The highest BCUT2D eigenvalue weighted by molar-refractivity contribution is 9.10. The lowest BCUT2D eigenvalue weighted by molar-refractivity contribution is 0.133. The molecule has 2 amide bonds. The van der Waals surface area contributed by atoms with Crippen molar-refractivity contribution in [2.45, 2.75) is 50.7 Å². The number of fused-ring (bicyclic) bond motifs is 1. The van der Waals surface area contributed by atoms with Gasteiger partial charge in [-0.1, -0.05) is 46.3 Å². The number of hydrogen-bond acceptors (Lipinski definition) is 4. The second-order valence-corrected chi connectivity index (χ2v) is 9.98. The van der Waals surface area contributed by atoms with Crippen LogP contribution in [-0.4, -0.2) is 42.1 Å². The molecule has 1 aliphatic rings. The fourth-order valence-corrected chi connectivity index (χ4v) is 5.16. The third kappa shape index (κ3) is 5.24. The van der Waals surface area contributed by atoms with Gasteiger partial charge >= 0.3 is 6.03 Å². The predicted molar refractivity (Wildman–Crippen MR) is 140 cm³/mol. The van der Waals surface area contributed by atoms with Crippen molar-refractivity contribution in [3.63, 3.8) is 0 Å². The number of carbonyl (C=O) groups excluding carboxylic acids is 1. The van der Waals surface area contributed by atoms with E-state index in [1.807, 2.05) is 41.3 Å². The highest BCUT2D eigenvalue weighted by Gasteiger charge is 2.31. The summed E-state index contributed by atoms with van der Waals surface area (Å²) in [4.78, 5) is 21.2. The Morgan fingerprint density at radius 1 is 1.09 bits per heavy atom. The normalized spacial score (nSPS) is 19.2. The smallest absolute Gasteiger partial charge is 0.315 e. The Labute approximate surface area is 204 Å². The van der Waals surface area contributed by atoms with Crippen LogP contribution in [0.4, 0.5) is 16.3 Å². The first-order valence-corrected chi connectivity index (χ1v) is 12.3. The monoisotopic (exact) mass is 509 g/mol. The van der Waals surface area contributed by atoms with E-state index in [4.69, 9.17) is 10.7 Å². The highest BCUT2D eigenvalue weighted by atomic mass is 79.9. The van der Waals surface area contributed by atoms with Gasteiger partial charge in [-0.25, -0.2) is 9.78 Å². The zero-order valence-electron chi connectivity index (χ0n) is 19.5. The molecular formula is C26H32BrN5O. The summed E-state index contributed by atoms with van der Waals surface area (Å²) in [6.45, 7) is 2.06. The summed E-state index contributed by atoms with van der Waals surface area (Å²) in [5.41, 5.74) is 9.07. The Balaban J connectivity index is 1.45. The molecule has 1 heterocycles. The summed E-state index contributed by atoms with van der Waals surface area (Å²) in [5.74, 6) is 0.899. The van der Waals surface area contributed by atoms with Crippen molar-refractivity contribution in [1.29, 1.82) is 0 Å². The minimum atomic E-state index is -0.353. The summed E-state index contributed by atoms with van der Waals surface area (Å²) in [6, 6.07) is 18.5. The Bertz CT molecular complexity index is 1110. The highest BCUT2D eigenvalue weighted by Crippen LogP contribution is 2.33. The van der Waals surface area contributed by atoms with Crippen LogP contribution >= 0.6 is 15.9 Å². The van der Waals surface area contributed by atoms with Crippen molar-refractivity contribution in [3.8, 4) is 0 Å². The maximum atomic E-state index is 12.4. The molecule has 1 unspecified atom stereocenters. The average molecular weight is 510 g/mol. The van der Waals surface area contributed by atoms with Gasteiger partial charge in [-0.05, 0) is 56.4 Å². The van der Waals surface area contributed by atoms with Gasteiger partial charge in [-0.3, -0.25) is 0 Å². The van der Waals surface area contributed by atoms with E-state index >= 15 is 0 Å². The number of rotatable bonds is 6. The molecule has 6 nitrogen and oxygen atoms in total. The number of hydrogen-bond donors (Lipinski definition) is 2. The molecule has 33 heavy (non-hydrogen) atoms. The number of halogens is 1.